The van der Waals surface area contributed by atoms with Crippen molar-refractivity contribution in [1.82, 2.24) is 18.9 Å². The Balaban J connectivity index is 1.33. The zero-order valence-electron chi connectivity index (χ0n) is 22.1. The zero-order valence-corrected chi connectivity index (χ0v) is 22.1. The van der Waals surface area contributed by atoms with E-state index < -0.39 is 0 Å². The van der Waals surface area contributed by atoms with E-state index in [1.54, 1.807) is 8.97 Å². The highest BCUT2D eigenvalue weighted by molar-refractivity contribution is 6.24. The van der Waals surface area contributed by atoms with Crippen molar-refractivity contribution >= 4 is 78.1 Å². The Hall–Kier alpha value is -5.62. The SMILES string of the molecule is O=C1C2C=Cc3c4ccc5c6c(c(=O)n7c8ccccc8nc57)=CCc(c5ccc(c2c35)-c2nc3ccccc3n21)c46. The minimum atomic E-state index is -0.375. The van der Waals surface area contributed by atoms with Crippen molar-refractivity contribution in [3.05, 3.63) is 111 Å². The summed E-state index contributed by atoms with van der Waals surface area (Å²) in [6.07, 6.45) is 6.90. The number of pyridine rings is 1. The largest absolute Gasteiger partial charge is 0.273 e. The van der Waals surface area contributed by atoms with Crippen LogP contribution < -0.4 is 10.8 Å². The maximum absolute atomic E-state index is 14.0. The molecule has 1 unspecified atom stereocenters. The molecule has 0 fully saturated rings. The summed E-state index contributed by atoms with van der Waals surface area (Å²) < 4.78 is 3.56. The maximum atomic E-state index is 14.0. The Morgan fingerprint density at radius 1 is 0.738 bits per heavy atom. The molecule has 1 atom stereocenters. The van der Waals surface area contributed by atoms with Gasteiger partial charge in [-0.1, -0.05) is 60.7 Å². The lowest BCUT2D eigenvalue weighted by Crippen LogP contribution is -2.33. The first-order valence-electron chi connectivity index (χ1n) is 14.2. The lowest BCUT2D eigenvalue weighted by atomic mass is 9.76. The molecule has 8 aromatic rings. The first kappa shape index (κ1) is 21.2. The van der Waals surface area contributed by atoms with Crippen molar-refractivity contribution in [3.63, 3.8) is 0 Å². The number of nitrogens with zero attached hydrogens (tertiary/aromatic N) is 4. The molecule has 4 heterocycles. The Bertz CT molecular complexity index is 2820. The van der Waals surface area contributed by atoms with Gasteiger partial charge < -0.3 is 0 Å². The summed E-state index contributed by atoms with van der Waals surface area (Å²) in [5, 5.41) is 7.19. The highest BCUT2D eigenvalue weighted by Crippen LogP contribution is 2.49. The molecule has 3 aliphatic rings. The van der Waals surface area contributed by atoms with Crippen LogP contribution in [0.5, 0.6) is 0 Å². The number of benzene rings is 5. The van der Waals surface area contributed by atoms with E-state index in [9.17, 15) is 9.59 Å². The number of allylic oxidation sites excluding steroid dienone is 1. The van der Waals surface area contributed by atoms with Crippen molar-refractivity contribution in [2.75, 3.05) is 0 Å². The van der Waals surface area contributed by atoms with E-state index in [4.69, 9.17) is 9.97 Å². The average molecular weight is 539 g/mol. The van der Waals surface area contributed by atoms with E-state index in [-0.39, 0.29) is 17.4 Å². The fourth-order valence-corrected chi connectivity index (χ4v) is 8.04. The van der Waals surface area contributed by atoms with E-state index in [2.05, 4.69) is 36.4 Å². The minimum absolute atomic E-state index is 0.0244. The van der Waals surface area contributed by atoms with Gasteiger partial charge in [0.05, 0.1) is 28.0 Å². The van der Waals surface area contributed by atoms with Crippen molar-refractivity contribution in [3.8, 4) is 11.4 Å². The number of imidazole rings is 2. The van der Waals surface area contributed by atoms with Gasteiger partial charge in [-0.15, -0.1) is 0 Å². The number of hydrogen-bond donors (Lipinski definition) is 0. The van der Waals surface area contributed by atoms with Crippen LogP contribution in [0.15, 0.2) is 83.7 Å². The number of para-hydroxylation sites is 4. The smallest absolute Gasteiger partial charge is 0.264 e. The molecule has 0 saturated heterocycles. The Morgan fingerprint density at radius 3 is 2.38 bits per heavy atom. The lowest BCUT2D eigenvalue weighted by molar-refractivity contribution is 0.0899. The molecule has 3 aromatic heterocycles. The molecule has 6 heteroatoms. The second-order valence-electron chi connectivity index (χ2n) is 11.6. The molecule has 0 spiro atoms. The van der Waals surface area contributed by atoms with Gasteiger partial charge in [0.15, 0.2) is 0 Å². The number of carbonyl (C=O) groups excluding carboxylic acids is 1. The second-order valence-corrected chi connectivity index (χ2v) is 11.6. The van der Waals surface area contributed by atoms with Crippen LogP contribution in [0.4, 0.5) is 0 Å². The number of aromatic nitrogens is 4. The van der Waals surface area contributed by atoms with Crippen LogP contribution in [0.2, 0.25) is 0 Å². The van der Waals surface area contributed by atoms with Crippen molar-refractivity contribution < 1.29 is 4.79 Å². The van der Waals surface area contributed by atoms with Gasteiger partial charge in [-0.25, -0.2) is 9.97 Å². The van der Waals surface area contributed by atoms with Gasteiger partial charge >= 0.3 is 0 Å². The third-order valence-corrected chi connectivity index (χ3v) is 9.71. The summed E-state index contributed by atoms with van der Waals surface area (Å²) >= 11 is 0. The molecule has 1 aliphatic heterocycles. The fourth-order valence-electron chi connectivity index (χ4n) is 8.04. The normalized spacial score (nSPS) is 16.5. The highest BCUT2D eigenvalue weighted by Gasteiger charge is 2.37. The molecule has 5 aromatic carbocycles. The Labute approximate surface area is 236 Å². The topological polar surface area (TPSA) is 69.3 Å². The van der Waals surface area contributed by atoms with E-state index in [1.807, 2.05) is 54.6 Å². The van der Waals surface area contributed by atoms with Crippen LogP contribution in [-0.2, 0) is 6.42 Å². The molecule has 0 bridgehead atoms. The fraction of sp³-hybridized carbons (Fsp3) is 0.0556. The van der Waals surface area contributed by atoms with E-state index in [1.165, 1.54) is 5.56 Å². The van der Waals surface area contributed by atoms with Crippen LogP contribution in [0, 0.1) is 0 Å². The Morgan fingerprint density at radius 2 is 1.50 bits per heavy atom. The molecule has 42 heavy (non-hydrogen) atoms. The first-order chi connectivity index (χ1) is 20.7. The first-order valence-corrected chi connectivity index (χ1v) is 14.2. The predicted molar refractivity (Wildman–Crippen MR) is 166 cm³/mol. The average Bonchev–Trinajstić information content (AvgIpc) is 3.61. The highest BCUT2D eigenvalue weighted by atomic mass is 16.2. The third-order valence-electron chi connectivity index (χ3n) is 9.71. The summed E-state index contributed by atoms with van der Waals surface area (Å²) in [7, 11) is 0. The molecule has 0 radical (unpaired) electrons. The van der Waals surface area contributed by atoms with Crippen LogP contribution in [-0.4, -0.2) is 24.8 Å². The predicted octanol–water partition coefficient (Wildman–Crippen LogP) is 6.14. The molecule has 0 N–H and O–H groups in total. The van der Waals surface area contributed by atoms with Gasteiger partial charge in [0, 0.05) is 21.6 Å². The number of hydrogen-bond acceptors (Lipinski definition) is 4. The summed E-state index contributed by atoms with van der Waals surface area (Å²) in [4.78, 5) is 37.8. The number of rotatable bonds is 0. The summed E-state index contributed by atoms with van der Waals surface area (Å²) in [5.41, 5.74) is 8.34. The van der Waals surface area contributed by atoms with Gasteiger partial charge in [0.2, 0.25) is 5.91 Å². The van der Waals surface area contributed by atoms with Crippen LogP contribution in [0.25, 0.3) is 83.6 Å². The van der Waals surface area contributed by atoms with Gasteiger partial charge in [-0.2, -0.15) is 0 Å². The zero-order chi connectivity index (χ0) is 27.4. The van der Waals surface area contributed by atoms with Crippen LogP contribution in [0.3, 0.4) is 0 Å². The minimum Gasteiger partial charge on any atom is -0.273 e. The van der Waals surface area contributed by atoms with Crippen molar-refractivity contribution in [2.24, 2.45) is 0 Å². The molecule has 0 saturated carbocycles. The van der Waals surface area contributed by atoms with Crippen LogP contribution in [0.1, 0.15) is 27.4 Å². The standard InChI is InChI=1S/C36H18N4O2/c41-35-23-15-11-19-18-10-14-22-32-24(36(42)40-28-8-4-2-6-26(28)38-34(22)40)16-12-20(30(18)32)17-9-13-21(31(23)29(17)19)33-37-25-5-1-3-7-27(25)39(33)35/h1-11,13-16,23H,12H2. The number of carbonyl (C=O) groups is 1. The van der Waals surface area contributed by atoms with Gasteiger partial charge in [-0.3, -0.25) is 18.6 Å². The molecule has 11 rings (SSSR count). The summed E-state index contributed by atoms with van der Waals surface area (Å²) in [6, 6.07) is 24.3. The van der Waals surface area contributed by atoms with E-state index >= 15 is 0 Å². The molecular formula is C36H18N4O2. The Kier molecular flexibility index (Phi) is 3.43. The molecule has 6 nitrogen and oxygen atoms in total. The van der Waals surface area contributed by atoms with Crippen molar-refractivity contribution in [1.29, 1.82) is 0 Å². The van der Waals surface area contributed by atoms with Crippen molar-refractivity contribution in [2.45, 2.75) is 12.3 Å². The second kappa shape index (κ2) is 6.81. The van der Waals surface area contributed by atoms with E-state index in [0.29, 0.717) is 17.9 Å². The molecular weight excluding hydrogens is 520 g/mol. The van der Waals surface area contributed by atoms with Gasteiger partial charge in [-0.05, 0) is 75.0 Å². The van der Waals surface area contributed by atoms with Crippen LogP contribution >= 0.6 is 0 Å². The lowest BCUT2D eigenvalue weighted by Gasteiger charge is -2.30. The van der Waals surface area contributed by atoms with E-state index in [0.717, 1.165) is 76.3 Å². The molecule has 0 amide bonds. The number of fused-ring (bicyclic) bond motifs is 10. The summed E-state index contributed by atoms with van der Waals surface area (Å²) in [5.74, 6) is 0.368. The monoisotopic (exact) mass is 538 g/mol. The third kappa shape index (κ3) is 2.19. The maximum Gasteiger partial charge on any atom is 0.264 e. The van der Waals surface area contributed by atoms with Gasteiger partial charge in [0.1, 0.15) is 11.5 Å². The quantitative estimate of drug-likeness (QED) is 0.172. The van der Waals surface area contributed by atoms with Gasteiger partial charge in [0.25, 0.3) is 5.56 Å². The molecule has 2 aliphatic carbocycles. The molecule has 194 valence electrons. The summed E-state index contributed by atoms with van der Waals surface area (Å²) in [6.45, 7) is 0.